The van der Waals surface area contributed by atoms with E-state index >= 15 is 0 Å². The van der Waals surface area contributed by atoms with E-state index in [0.29, 0.717) is 10.9 Å². The number of benzene rings is 1. The number of nitrogens with one attached hydrogen (secondary N) is 1. The second-order valence-electron chi connectivity index (χ2n) is 5.64. The molecule has 0 saturated heterocycles. The minimum Gasteiger partial charge on any atom is -0.309 e. The molecule has 0 aliphatic heterocycles. The first-order valence-electron chi connectivity index (χ1n) is 6.73. The molecule has 1 fully saturated rings. The van der Waals surface area contributed by atoms with Crippen molar-refractivity contribution in [3.8, 4) is 0 Å². The van der Waals surface area contributed by atoms with E-state index in [-0.39, 0.29) is 0 Å². The summed E-state index contributed by atoms with van der Waals surface area (Å²) >= 11 is 0. The summed E-state index contributed by atoms with van der Waals surface area (Å²) in [6.07, 6.45) is 8.36. The molecule has 19 heavy (non-hydrogen) atoms. The van der Waals surface area contributed by atoms with Crippen LogP contribution in [0.25, 0.3) is 0 Å². The number of hydrogen-bond acceptors (Lipinski definition) is 3. The molecule has 1 aromatic carbocycles. The topological polar surface area (TPSA) is 46.2 Å². The molecule has 3 atom stereocenters. The molecule has 2 aliphatic carbocycles. The smallest absolute Gasteiger partial charge is 0.175 e. The van der Waals surface area contributed by atoms with Crippen molar-refractivity contribution in [2.24, 2.45) is 11.8 Å². The molecule has 3 nitrogen and oxygen atoms in total. The normalized spacial score (nSPS) is 29.0. The minimum absolute atomic E-state index is 0.388. The summed E-state index contributed by atoms with van der Waals surface area (Å²) in [5.74, 6) is 1.58. The van der Waals surface area contributed by atoms with Crippen molar-refractivity contribution in [2.45, 2.75) is 30.3 Å². The van der Waals surface area contributed by atoms with Gasteiger partial charge in [0.15, 0.2) is 9.84 Å². The lowest BCUT2D eigenvalue weighted by Gasteiger charge is -2.40. The van der Waals surface area contributed by atoms with Gasteiger partial charge in [-0.1, -0.05) is 24.3 Å². The van der Waals surface area contributed by atoms with Crippen molar-refractivity contribution in [3.63, 3.8) is 0 Å². The fourth-order valence-electron chi connectivity index (χ4n) is 3.05. The number of allylic oxidation sites excluding steroid dienone is 1. The van der Waals surface area contributed by atoms with E-state index < -0.39 is 9.84 Å². The van der Waals surface area contributed by atoms with Gasteiger partial charge in [0.25, 0.3) is 0 Å². The summed E-state index contributed by atoms with van der Waals surface area (Å²) in [6, 6.07) is 7.75. The first kappa shape index (κ1) is 12.9. The Balaban J connectivity index is 1.57. The Morgan fingerprint density at radius 2 is 2.00 bits per heavy atom. The Kier molecular flexibility index (Phi) is 3.23. The zero-order valence-corrected chi connectivity index (χ0v) is 11.9. The molecular weight excluding hydrogens is 258 g/mol. The summed E-state index contributed by atoms with van der Waals surface area (Å²) in [5.41, 5.74) is 1.14. The van der Waals surface area contributed by atoms with Crippen molar-refractivity contribution >= 4 is 9.84 Å². The summed E-state index contributed by atoms with van der Waals surface area (Å²) in [5, 5.41) is 3.56. The quantitative estimate of drug-likeness (QED) is 0.858. The van der Waals surface area contributed by atoms with Crippen LogP contribution in [0.3, 0.4) is 0 Å². The van der Waals surface area contributed by atoms with E-state index in [1.807, 2.05) is 12.1 Å². The van der Waals surface area contributed by atoms with Crippen LogP contribution in [0.5, 0.6) is 0 Å². The van der Waals surface area contributed by atoms with Crippen LogP contribution in [0, 0.1) is 11.8 Å². The maximum atomic E-state index is 11.4. The average Bonchev–Trinajstić information content (AvgIpc) is 2.71. The summed E-state index contributed by atoms with van der Waals surface area (Å²) in [7, 11) is -3.09. The van der Waals surface area contributed by atoms with Crippen molar-refractivity contribution in [3.05, 3.63) is 42.0 Å². The zero-order valence-electron chi connectivity index (χ0n) is 11.0. The average molecular weight is 277 g/mol. The van der Waals surface area contributed by atoms with Gasteiger partial charge in [0.2, 0.25) is 0 Å². The highest BCUT2D eigenvalue weighted by atomic mass is 32.2. The molecule has 0 aromatic heterocycles. The van der Waals surface area contributed by atoms with Gasteiger partial charge < -0.3 is 5.32 Å². The van der Waals surface area contributed by atoms with Crippen LogP contribution in [-0.4, -0.2) is 20.7 Å². The van der Waals surface area contributed by atoms with E-state index in [2.05, 4.69) is 17.5 Å². The van der Waals surface area contributed by atoms with Gasteiger partial charge in [-0.15, -0.1) is 0 Å². The fraction of sp³-hybridized carbons (Fsp3) is 0.467. The fourth-order valence-corrected chi connectivity index (χ4v) is 3.68. The van der Waals surface area contributed by atoms with Crippen LogP contribution in [0.2, 0.25) is 0 Å². The predicted octanol–water partition coefficient (Wildman–Crippen LogP) is 2.14. The van der Waals surface area contributed by atoms with E-state index in [1.54, 1.807) is 12.1 Å². The molecule has 0 bridgehead atoms. The minimum atomic E-state index is -3.09. The maximum Gasteiger partial charge on any atom is 0.175 e. The van der Waals surface area contributed by atoms with Crippen molar-refractivity contribution < 1.29 is 8.42 Å². The third-order valence-electron chi connectivity index (χ3n) is 4.28. The molecule has 102 valence electrons. The standard InChI is InChI=1S/C15H19NO2S/c1-19(17,18)13-7-5-11(6-8-13)10-16-15-9-12-3-2-4-14(12)15/h2,4-8,12,14-16H,3,9-10H2,1H3. The molecule has 1 saturated carbocycles. The Bertz CT molecular complexity index is 589. The summed E-state index contributed by atoms with van der Waals surface area (Å²) in [6.45, 7) is 0.811. The molecule has 4 heteroatoms. The first-order valence-corrected chi connectivity index (χ1v) is 8.62. The molecule has 3 unspecified atom stereocenters. The number of sulfone groups is 1. The summed E-state index contributed by atoms with van der Waals surface area (Å²) in [4.78, 5) is 0.388. The first-order chi connectivity index (χ1) is 9.04. The Morgan fingerprint density at radius 3 is 2.63 bits per heavy atom. The number of rotatable bonds is 4. The van der Waals surface area contributed by atoms with E-state index in [1.165, 1.54) is 19.1 Å². The van der Waals surface area contributed by atoms with Crippen molar-refractivity contribution in [1.29, 1.82) is 0 Å². The SMILES string of the molecule is CS(=O)(=O)c1ccc(CNC2CC3CC=CC32)cc1. The molecule has 0 heterocycles. The Labute approximate surface area is 114 Å². The van der Waals surface area contributed by atoms with Crippen LogP contribution < -0.4 is 5.32 Å². The highest BCUT2D eigenvalue weighted by Gasteiger charge is 2.40. The maximum absolute atomic E-state index is 11.4. The third kappa shape index (κ3) is 2.60. The van der Waals surface area contributed by atoms with Gasteiger partial charge in [-0.05, 0) is 42.4 Å². The van der Waals surface area contributed by atoms with Crippen LogP contribution in [0.4, 0.5) is 0 Å². The number of hydrogen-bond donors (Lipinski definition) is 1. The van der Waals surface area contributed by atoms with Crippen molar-refractivity contribution in [1.82, 2.24) is 5.32 Å². The lowest BCUT2D eigenvalue weighted by Crippen LogP contribution is -2.47. The monoisotopic (exact) mass is 277 g/mol. The summed E-state index contributed by atoms with van der Waals surface area (Å²) < 4.78 is 22.7. The second kappa shape index (κ2) is 4.76. The van der Waals surface area contributed by atoms with Gasteiger partial charge in [-0.25, -0.2) is 8.42 Å². The highest BCUT2D eigenvalue weighted by molar-refractivity contribution is 7.90. The van der Waals surface area contributed by atoms with Gasteiger partial charge in [0.1, 0.15) is 0 Å². The van der Waals surface area contributed by atoms with Gasteiger partial charge in [-0.3, -0.25) is 0 Å². The van der Waals surface area contributed by atoms with Gasteiger partial charge in [0.05, 0.1) is 4.90 Å². The molecule has 2 aliphatic rings. The molecular formula is C15H19NO2S. The second-order valence-corrected chi connectivity index (χ2v) is 7.66. The number of fused-ring (bicyclic) bond motifs is 1. The highest BCUT2D eigenvalue weighted by Crippen LogP contribution is 2.42. The zero-order chi connectivity index (χ0) is 13.5. The molecule has 0 spiro atoms. The van der Waals surface area contributed by atoms with E-state index in [0.717, 1.165) is 23.9 Å². The van der Waals surface area contributed by atoms with Crippen LogP contribution >= 0.6 is 0 Å². The third-order valence-corrected chi connectivity index (χ3v) is 5.41. The molecule has 0 radical (unpaired) electrons. The van der Waals surface area contributed by atoms with E-state index in [4.69, 9.17) is 0 Å². The van der Waals surface area contributed by atoms with Crippen LogP contribution in [-0.2, 0) is 16.4 Å². The molecule has 1 N–H and O–H groups in total. The Hall–Kier alpha value is -1.13. The molecule has 0 amide bonds. The van der Waals surface area contributed by atoms with E-state index in [9.17, 15) is 8.42 Å². The molecule has 1 aromatic rings. The van der Waals surface area contributed by atoms with Gasteiger partial charge in [0, 0.05) is 18.8 Å². The molecule has 3 rings (SSSR count). The van der Waals surface area contributed by atoms with Crippen molar-refractivity contribution in [2.75, 3.05) is 6.26 Å². The van der Waals surface area contributed by atoms with Crippen LogP contribution in [0.15, 0.2) is 41.3 Å². The Morgan fingerprint density at radius 1 is 1.26 bits per heavy atom. The largest absolute Gasteiger partial charge is 0.309 e. The van der Waals surface area contributed by atoms with Gasteiger partial charge >= 0.3 is 0 Å². The lowest BCUT2D eigenvalue weighted by atomic mass is 9.71. The van der Waals surface area contributed by atoms with Crippen LogP contribution in [0.1, 0.15) is 18.4 Å². The lowest BCUT2D eigenvalue weighted by molar-refractivity contribution is 0.162. The van der Waals surface area contributed by atoms with Gasteiger partial charge in [-0.2, -0.15) is 0 Å². The predicted molar refractivity (Wildman–Crippen MR) is 75.5 cm³/mol.